The van der Waals surface area contributed by atoms with E-state index in [0.717, 1.165) is 6.07 Å². The molecule has 0 radical (unpaired) electrons. The molecule has 1 atom stereocenters. The Morgan fingerprint density at radius 1 is 1.52 bits per heavy atom. The van der Waals surface area contributed by atoms with Gasteiger partial charge in [0.1, 0.15) is 6.04 Å². The summed E-state index contributed by atoms with van der Waals surface area (Å²) in [7, 11) is 0. The van der Waals surface area contributed by atoms with Gasteiger partial charge in [0.2, 0.25) is 0 Å². The lowest BCUT2D eigenvalue weighted by atomic mass is 10.1. The molecule has 1 amide bonds. The monoisotopic (exact) mass is 292 g/mol. The third-order valence-electron chi connectivity index (χ3n) is 2.93. The largest absolute Gasteiger partial charge is 0.480 e. The zero-order valence-electron chi connectivity index (χ0n) is 11.5. The number of nitrogens with one attached hydrogen (secondary N) is 1. The van der Waals surface area contributed by atoms with Crippen LogP contribution in [0.25, 0.3) is 0 Å². The number of nitro benzene ring substituents is 1. The summed E-state index contributed by atoms with van der Waals surface area (Å²) in [6.07, 6.45) is 2.20. The number of aliphatic carboxylic acids is 1. The molecular formula is C14H16N2O5. The molecule has 0 fully saturated rings. The highest BCUT2D eigenvalue weighted by Gasteiger charge is 2.21. The van der Waals surface area contributed by atoms with Gasteiger partial charge in [0.25, 0.3) is 11.6 Å². The van der Waals surface area contributed by atoms with E-state index in [1.807, 2.05) is 0 Å². The molecule has 0 heterocycles. The summed E-state index contributed by atoms with van der Waals surface area (Å²) < 4.78 is 0. The predicted molar refractivity (Wildman–Crippen MR) is 76.2 cm³/mol. The number of carbonyl (C=O) groups excluding carboxylic acids is 1. The minimum absolute atomic E-state index is 0.0529. The van der Waals surface area contributed by atoms with Gasteiger partial charge in [-0.3, -0.25) is 14.9 Å². The van der Waals surface area contributed by atoms with Gasteiger partial charge in [0, 0.05) is 17.2 Å². The second kappa shape index (κ2) is 7.18. The Morgan fingerprint density at radius 2 is 2.19 bits per heavy atom. The topological polar surface area (TPSA) is 110 Å². The second-order valence-corrected chi connectivity index (χ2v) is 4.49. The number of amides is 1. The molecule has 7 heteroatoms. The summed E-state index contributed by atoms with van der Waals surface area (Å²) in [5.41, 5.74) is 0.302. The first-order valence-corrected chi connectivity index (χ1v) is 6.26. The van der Waals surface area contributed by atoms with Gasteiger partial charge in [-0.2, -0.15) is 0 Å². The van der Waals surface area contributed by atoms with Crippen molar-refractivity contribution in [3.8, 4) is 0 Å². The molecule has 0 aliphatic rings. The van der Waals surface area contributed by atoms with Gasteiger partial charge < -0.3 is 10.4 Å². The van der Waals surface area contributed by atoms with E-state index in [0.29, 0.717) is 12.0 Å². The highest BCUT2D eigenvalue weighted by molar-refractivity contribution is 5.97. The van der Waals surface area contributed by atoms with Crippen LogP contribution < -0.4 is 5.32 Å². The maximum absolute atomic E-state index is 12.0. The van der Waals surface area contributed by atoms with Crippen molar-refractivity contribution in [1.82, 2.24) is 5.32 Å². The highest BCUT2D eigenvalue weighted by Crippen LogP contribution is 2.19. The van der Waals surface area contributed by atoms with Crippen molar-refractivity contribution in [1.29, 1.82) is 0 Å². The van der Waals surface area contributed by atoms with Gasteiger partial charge in [-0.05, 0) is 25.8 Å². The van der Waals surface area contributed by atoms with Gasteiger partial charge in [-0.15, -0.1) is 6.58 Å². The molecule has 0 aromatic heterocycles. The van der Waals surface area contributed by atoms with Crippen LogP contribution in [0.4, 0.5) is 5.69 Å². The lowest BCUT2D eigenvalue weighted by molar-refractivity contribution is -0.385. The first-order chi connectivity index (χ1) is 9.86. The van der Waals surface area contributed by atoms with Crippen molar-refractivity contribution < 1.29 is 19.6 Å². The van der Waals surface area contributed by atoms with Crippen molar-refractivity contribution in [2.75, 3.05) is 0 Å². The van der Waals surface area contributed by atoms with E-state index in [1.165, 1.54) is 12.1 Å². The summed E-state index contributed by atoms with van der Waals surface area (Å²) in [6.45, 7) is 5.05. The third kappa shape index (κ3) is 4.41. The molecule has 1 unspecified atom stereocenters. The van der Waals surface area contributed by atoms with Crippen LogP contribution in [0.1, 0.15) is 28.8 Å². The first kappa shape index (κ1) is 16.4. The molecule has 21 heavy (non-hydrogen) atoms. The number of nitrogens with zero attached hydrogens (tertiary/aromatic N) is 1. The molecule has 1 aromatic carbocycles. The summed E-state index contributed by atoms with van der Waals surface area (Å²) in [6, 6.07) is 2.95. The van der Waals surface area contributed by atoms with E-state index < -0.39 is 22.8 Å². The van der Waals surface area contributed by atoms with E-state index >= 15 is 0 Å². The Labute approximate surface area is 121 Å². The fourth-order valence-electron chi connectivity index (χ4n) is 1.73. The predicted octanol–water partition coefficient (Wildman–Crippen LogP) is 2.05. The Kier molecular flexibility index (Phi) is 5.59. The Bertz CT molecular complexity index is 583. The van der Waals surface area contributed by atoms with Gasteiger partial charge in [0.15, 0.2) is 0 Å². The zero-order valence-corrected chi connectivity index (χ0v) is 11.5. The van der Waals surface area contributed by atoms with Crippen LogP contribution in [0.15, 0.2) is 30.9 Å². The Morgan fingerprint density at radius 3 is 2.71 bits per heavy atom. The molecule has 7 nitrogen and oxygen atoms in total. The quantitative estimate of drug-likeness (QED) is 0.454. The fraction of sp³-hybridized carbons (Fsp3) is 0.286. The maximum Gasteiger partial charge on any atom is 0.326 e. The summed E-state index contributed by atoms with van der Waals surface area (Å²) in [4.78, 5) is 33.3. The van der Waals surface area contributed by atoms with Crippen LogP contribution in [-0.4, -0.2) is 27.9 Å². The third-order valence-corrected chi connectivity index (χ3v) is 2.93. The summed E-state index contributed by atoms with van der Waals surface area (Å²) >= 11 is 0. The van der Waals surface area contributed by atoms with Crippen LogP contribution in [0.3, 0.4) is 0 Å². The Hall–Kier alpha value is -2.70. The smallest absolute Gasteiger partial charge is 0.326 e. The fourth-order valence-corrected chi connectivity index (χ4v) is 1.73. The van der Waals surface area contributed by atoms with E-state index in [-0.39, 0.29) is 17.7 Å². The van der Waals surface area contributed by atoms with Gasteiger partial charge in [-0.25, -0.2) is 4.79 Å². The van der Waals surface area contributed by atoms with E-state index in [9.17, 15) is 19.7 Å². The van der Waals surface area contributed by atoms with Gasteiger partial charge in [-0.1, -0.05) is 12.1 Å². The molecule has 1 aromatic rings. The van der Waals surface area contributed by atoms with Gasteiger partial charge in [0.05, 0.1) is 4.92 Å². The molecule has 0 saturated carbocycles. The minimum Gasteiger partial charge on any atom is -0.480 e. The second-order valence-electron chi connectivity index (χ2n) is 4.49. The number of carboxylic acids is 1. The molecule has 2 N–H and O–H groups in total. The van der Waals surface area contributed by atoms with Crippen molar-refractivity contribution in [3.05, 3.63) is 52.1 Å². The number of carbonyl (C=O) groups is 2. The molecule has 0 saturated heterocycles. The highest BCUT2D eigenvalue weighted by atomic mass is 16.6. The number of carboxylic acid groups (broad SMARTS) is 1. The van der Waals surface area contributed by atoms with Crippen molar-refractivity contribution in [2.24, 2.45) is 0 Å². The number of nitro groups is 1. The van der Waals surface area contributed by atoms with E-state index in [2.05, 4.69) is 11.9 Å². The molecule has 0 spiro atoms. The number of hydrogen-bond donors (Lipinski definition) is 2. The number of allylic oxidation sites excluding steroid dienone is 1. The molecule has 1 rings (SSSR count). The summed E-state index contributed by atoms with van der Waals surface area (Å²) in [5.74, 6) is -1.82. The van der Waals surface area contributed by atoms with Crippen molar-refractivity contribution in [3.63, 3.8) is 0 Å². The van der Waals surface area contributed by atoms with Crippen LogP contribution in [0, 0.1) is 17.0 Å². The maximum atomic E-state index is 12.0. The number of benzene rings is 1. The van der Waals surface area contributed by atoms with Crippen LogP contribution >= 0.6 is 0 Å². The lowest BCUT2D eigenvalue weighted by Gasteiger charge is -2.13. The summed E-state index contributed by atoms with van der Waals surface area (Å²) in [5, 5.41) is 22.2. The standard InChI is InChI=1S/C14H16N2O5/c1-3-4-5-11(14(18)19)15-13(17)10-7-6-9(2)12(8-10)16(20)21/h3,6-8,11H,1,4-5H2,2H3,(H,15,17)(H,18,19). The number of hydrogen-bond acceptors (Lipinski definition) is 4. The van der Waals surface area contributed by atoms with Crippen LogP contribution in [0.2, 0.25) is 0 Å². The Balaban J connectivity index is 2.92. The molecular weight excluding hydrogens is 276 g/mol. The van der Waals surface area contributed by atoms with E-state index in [4.69, 9.17) is 5.11 Å². The average Bonchev–Trinajstić information content (AvgIpc) is 2.42. The van der Waals surface area contributed by atoms with Crippen LogP contribution in [-0.2, 0) is 4.79 Å². The molecule has 0 aliphatic heterocycles. The van der Waals surface area contributed by atoms with Gasteiger partial charge >= 0.3 is 5.97 Å². The molecule has 112 valence electrons. The van der Waals surface area contributed by atoms with E-state index in [1.54, 1.807) is 13.0 Å². The molecule has 0 bridgehead atoms. The number of rotatable bonds is 7. The lowest BCUT2D eigenvalue weighted by Crippen LogP contribution is -2.40. The van der Waals surface area contributed by atoms with Crippen molar-refractivity contribution in [2.45, 2.75) is 25.8 Å². The zero-order chi connectivity index (χ0) is 16.0. The van der Waals surface area contributed by atoms with Crippen molar-refractivity contribution >= 4 is 17.6 Å². The van der Waals surface area contributed by atoms with Crippen LogP contribution in [0.5, 0.6) is 0 Å². The average molecular weight is 292 g/mol. The number of aryl methyl sites for hydroxylation is 1. The SMILES string of the molecule is C=CCCC(NC(=O)c1ccc(C)c([N+](=O)[O-])c1)C(=O)O. The minimum atomic E-state index is -1.16. The normalized spacial score (nSPS) is 11.5. The molecule has 0 aliphatic carbocycles. The first-order valence-electron chi connectivity index (χ1n) is 6.26.